The zero-order valence-corrected chi connectivity index (χ0v) is 10.9. The number of thiophene rings is 1. The standard InChI is InChI=1S/C11H11IOS/c1-2-7-3-8-5-11(12)14-10(8)4-9(7)6-13/h3-5,13H,2,6H2,1H3. The molecule has 0 saturated carbocycles. The minimum Gasteiger partial charge on any atom is -0.392 e. The van der Waals surface area contributed by atoms with Crippen molar-refractivity contribution in [3.63, 3.8) is 0 Å². The quantitative estimate of drug-likeness (QED) is 0.840. The summed E-state index contributed by atoms with van der Waals surface area (Å²) in [5.74, 6) is 0. The van der Waals surface area contributed by atoms with Crippen LogP contribution in [0.25, 0.3) is 10.1 Å². The molecule has 0 aliphatic rings. The van der Waals surface area contributed by atoms with E-state index in [1.54, 1.807) is 11.3 Å². The predicted molar refractivity (Wildman–Crippen MR) is 69.8 cm³/mol. The number of aliphatic hydroxyl groups is 1. The molecule has 0 aliphatic carbocycles. The number of aliphatic hydroxyl groups excluding tert-OH is 1. The molecule has 0 radical (unpaired) electrons. The topological polar surface area (TPSA) is 20.2 Å². The number of hydrogen-bond donors (Lipinski definition) is 1. The van der Waals surface area contributed by atoms with E-state index < -0.39 is 0 Å². The molecule has 3 heteroatoms. The van der Waals surface area contributed by atoms with Gasteiger partial charge in [-0.15, -0.1) is 11.3 Å². The van der Waals surface area contributed by atoms with E-state index >= 15 is 0 Å². The third kappa shape index (κ3) is 1.81. The third-order valence-electron chi connectivity index (χ3n) is 2.36. The fourth-order valence-electron chi connectivity index (χ4n) is 1.62. The van der Waals surface area contributed by atoms with Crippen molar-refractivity contribution in [1.82, 2.24) is 0 Å². The summed E-state index contributed by atoms with van der Waals surface area (Å²) in [5, 5.41) is 10.5. The van der Waals surface area contributed by atoms with E-state index in [-0.39, 0.29) is 6.61 Å². The number of rotatable bonds is 2. The summed E-state index contributed by atoms with van der Waals surface area (Å²) in [6, 6.07) is 6.50. The van der Waals surface area contributed by atoms with E-state index in [1.807, 2.05) is 0 Å². The molecule has 0 unspecified atom stereocenters. The molecule has 1 nitrogen and oxygen atoms in total. The lowest BCUT2D eigenvalue weighted by atomic mass is 10.0. The van der Waals surface area contributed by atoms with E-state index in [9.17, 15) is 5.11 Å². The molecule has 0 fully saturated rings. The maximum absolute atomic E-state index is 9.22. The molecule has 0 aliphatic heterocycles. The normalized spacial score (nSPS) is 11.1. The van der Waals surface area contributed by atoms with Gasteiger partial charge in [-0.1, -0.05) is 6.92 Å². The monoisotopic (exact) mass is 318 g/mol. The second-order valence-corrected chi connectivity index (χ2v) is 6.20. The Hall–Kier alpha value is -0.130. The average Bonchev–Trinajstić information content (AvgIpc) is 2.54. The smallest absolute Gasteiger partial charge is 0.0685 e. The van der Waals surface area contributed by atoms with E-state index in [0.29, 0.717) is 0 Å². The van der Waals surface area contributed by atoms with Crippen molar-refractivity contribution in [2.75, 3.05) is 0 Å². The van der Waals surface area contributed by atoms with E-state index in [1.165, 1.54) is 18.5 Å². The van der Waals surface area contributed by atoms with Gasteiger partial charge in [-0.25, -0.2) is 0 Å². The maximum Gasteiger partial charge on any atom is 0.0685 e. The fourth-order valence-corrected chi connectivity index (χ4v) is 3.50. The van der Waals surface area contributed by atoms with E-state index in [2.05, 4.69) is 47.7 Å². The van der Waals surface area contributed by atoms with Crippen molar-refractivity contribution < 1.29 is 5.11 Å². The van der Waals surface area contributed by atoms with Gasteiger partial charge in [0.2, 0.25) is 0 Å². The maximum atomic E-state index is 9.22. The molecular weight excluding hydrogens is 307 g/mol. The zero-order chi connectivity index (χ0) is 10.1. The van der Waals surface area contributed by atoms with Crippen molar-refractivity contribution in [1.29, 1.82) is 0 Å². The van der Waals surface area contributed by atoms with Crippen molar-refractivity contribution in [3.05, 3.63) is 32.2 Å². The first-order valence-corrected chi connectivity index (χ1v) is 6.45. The summed E-state index contributed by atoms with van der Waals surface area (Å²) in [5.41, 5.74) is 2.33. The molecule has 1 heterocycles. The second kappa shape index (κ2) is 4.16. The summed E-state index contributed by atoms with van der Waals surface area (Å²) in [7, 11) is 0. The second-order valence-electron chi connectivity index (χ2n) is 3.22. The molecule has 0 saturated heterocycles. The van der Waals surface area contributed by atoms with Crippen LogP contribution in [0.5, 0.6) is 0 Å². The van der Waals surface area contributed by atoms with E-state index in [4.69, 9.17) is 0 Å². The number of fused-ring (bicyclic) bond motifs is 1. The highest BCUT2D eigenvalue weighted by Crippen LogP contribution is 2.29. The summed E-state index contributed by atoms with van der Waals surface area (Å²) >= 11 is 4.11. The summed E-state index contributed by atoms with van der Waals surface area (Å²) in [6.45, 7) is 2.27. The van der Waals surface area contributed by atoms with Gasteiger partial charge in [0, 0.05) is 4.70 Å². The average molecular weight is 318 g/mol. The summed E-state index contributed by atoms with van der Waals surface area (Å²) < 4.78 is 2.57. The Morgan fingerprint density at radius 3 is 2.71 bits per heavy atom. The fraction of sp³-hybridized carbons (Fsp3) is 0.273. The summed E-state index contributed by atoms with van der Waals surface area (Å²) in [6.07, 6.45) is 0.984. The highest BCUT2D eigenvalue weighted by Gasteiger charge is 2.05. The number of aryl methyl sites for hydroxylation is 1. The molecule has 0 atom stereocenters. The van der Waals surface area contributed by atoms with Gasteiger partial charge in [0.25, 0.3) is 0 Å². The third-order valence-corrected chi connectivity index (χ3v) is 4.22. The van der Waals surface area contributed by atoms with Gasteiger partial charge in [0.15, 0.2) is 0 Å². The van der Waals surface area contributed by atoms with E-state index in [0.717, 1.165) is 12.0 Å². The van der Waals surface area contributed by atoms with Gasteiger partial charge in [-0.05, 0) is 63.7 Å². The molecule has 0 spiro atoms. The van der Waals surface area contributed by atoms with Gasteiger partial charge >= 0.3 is 0 Å². The predicted octanol–water partition coefficient (Wildman–Crippen LogP) is 3.56. The Labute approximate surface area is 101 Å². The van der Waals surface area contributed by atoms with Crippen LogP contribution in [0, 0.1) is 2.88 Å². The number of hydrogen-bond acceptors (Lipinski definition) is 2. The van der Waals surface area contributed by atoms with Crippen molar-refractivity contribution in [3.8, 4) is 0 Å². The highest BCUT2D eigenvalue weighted by molar-refractivity contribution is 14.1. The molecule has 1 N–H and O–H groups in total. The SMILES string of the molecule is CCc1cc2cc(I)sc2cc1CO. The van der Waals surface area contributed by atoms with Crippen molar-refractivity contribution in [2.45, 2.75) is 20.0 Å². The zero-order valence-electron chi connectivity index (χ0n) is 7.88. The van der Waals surface area contributed by atoms with Gasteiger partial charge in [-0.2, -0.15) is 0 Å². The molecule has 2 rings (SSSR count). The number of benzene rings is 1. The lowest BCUT2D eigenvalue weighted by Gasteiger charge is -2.04. The van der Waals surface area contributed by atoms with Crippen LogP contribution in [0.15, 0.2) is 18.2 Å². The molecule has 74 valence electrons. The first-order valence-electron chi connectivity index (χ1n) is 4.56. The summed E-state index contributed by atoms with van der Waals surface area (Å²) in [4.78, 5) is 0. The largest absolute Gasteiger partial charge is 0.392 e. The highest BCUT2D eigenvalue weighted by atomic mass is 127. The lowest BCUT2D eigenvalue weighted by molar-refractivity contribution is 0.281. The minimum atomic E-state index is 0.146. The molecule has 0 amide bonds. The van der Waals surface area contributed by atoms with Crippen LogP contribution in [-0.2, 0) is 13.0 Å². The van der Waals surface area contributed by atoms with Crippen LogP contribution in [0.3, 0.4) is 0 Å². The Morgan fingerprint density at radius 1 is 1.29 bits per heavy atom. The first kappa shape index (κ1) is 10.4. The van der Waals surface area contributed by atoms with Crippen LogP contribution < -0.4 is 0 Å². The van der Waals surface area contributed by atoms with Gasteiger partial charge in [-0.3, -0.25) is 0 Å². The van der Waals surface area contributed by atoms with Gasteiger partial charge in [0.05, 0.1) is 9.49 Å². The Balaban J connectivity index is 2.68. The van der Waals surface area contributed by atoms with Crippen LogP contribution in [-0.4, -0.2) is 5.11 Å². The molecular formula is C11H11IOS. The van der Waals surface area contributed by atoms with Crippen LogP contribution in [0.4, 0.5) is 0 Å². The molecule has 1 aromatic heterocycles. The Bertz CT molecular complexity index is 421. The Kier molecular flexibility index (Phi) is 3.09. The van der Waals surface area contributed by atoms with Crippen LogP contribution in [0.1, 0.15) is 18.1 Å². The van der Waals surface area contributed by atoms with Gasteiger partial charge in [0.1, 0.15) is 0 Å². The Morgan fingerprint density at radius 2 is 2.07 bits per heavy atom. The molecule has 2 aromatic rings. The van der Waals surface area contributed by atoms with Gasteiger partial charge < -0.3 is 5.11 Å². The van der Waals surface area contributed by atoms with Crippen molar-refractivity contribution >= 4 is 44.0 Å². The molecule has 1 aromatic carbocycles. The number of halogens is 1. The lowest BCUT2D eigenvalue weighted by Crippen LogP contribution is -1.91. The molecule has 0 bridgehead atoms. The van der Waals surface area contributed by atoms with Crippen LogP contribution in [0.2, 0.25) is 0 Å². The molecule has 14 heavy (non-hydrogen) atoms. The van der Waals surface area contributed by atoms with Crippen molar-refractivity contribution in [2.24, 2.45) is 0 Å². The minimum absolute atomic E-state index is 0.146. The van der Waals surface area contributed by atoms with Crippen LogP contribution >= 0.6 is 33.9 Å². The first-order chi connectivity index (χ1) is 6.74.